The average molecular weight is 180 g/mol. The Morgan fingerprint density at radius 2 is 2.36 bits per heavy atom. The lowest BCUT2D eigenvalue weighted by Crippen LogP contribution is -2.46. The topological polar surface area (TPSA) is 49.3 Å². The van der Waals surface area contributed by atoms with Gasteiger partial charge in [0.2, 0.25) is 0 Å². The highest BCUT2D eigenvalue weighted by molar-refractivity contribution is 5.85. The number of hydrogen-bond acceptors (Lipinski definition) is 2. The molecule has 1 aliphatic heterocycles. The van der Waals surface area contributed by atoms with Crippen LogP contribution in [0.3, 0.4) is 0 Å². The highest BCUT2D eigenvalue weighted by Crippen LogP contribution is 2.22. The summed E-state index contributed by atoms with van der Waals surface area (Å²) in [5, 5.41) is 11.8. The largest absolute Gasteiger partial charge is 0.480 e. The maximum Gasteiger partial charge on any atom is 0.323 e. The molecule has 1 atom stereocenters. The molecule has 0 aromatic heterocycles. The standard InChI is InChI=1S/C7H13NO2.ClH/c1-2-7(6(9)10)4-3-5-8-7;/h8H,2-5H2,1H3,(H,9,10);1H/t7-;/m1./s1. The number of aliphatic carboxylic acids is 1. The summed E-state index contributed by atoms with van der Waals surface area (Å²) in [6.45, 7) is 2.76. The molecular weight excluding hydrogens is 166 g/mol. The third-order valence-corrected chi connectivity index (χ3v) is 2.26. The molecule has 1 fully saturated rings. The van der Waals surface area contributed by atoms with Crippen LogP contribution in [0.1, 0.15) is 26.2 Å². The monoisotopic (exact) mass is 179 g/mol. The Bertz CT molecular complexity index is 143. The first-order valence-electron chi connectivity index (χ1n) is 3.70. The van der Waals surface area contributed by atoms with Crippen molar-refractivity contribution in [3.63, 3.8) is 0 Å². The zero-order chi connectivity index (χ0) is 7.61. The van der Waals surface area contributed by atoms with E-state index in [2.05, 4.69) is 5.32 Å². The maximum atomic E-state index is 10.7. The number of rotatable bonds is 2. The van der Waals surface area contributed by atoms with Crippen LogP contribution in [-0.4, -0.2) is 23.2 Å². The molecule has 0 saturated carbocycles. The van der Waals surface area contributed by atoms with Crippen LogP contribution in [0.2, 0.25) is 0 Å². The smallest absolute Gasteiger partial charge is 0.323 e. The quantitative estimate of drug-likeness (QED) is 0.666. The molecule has 2 N–H and O–H groups in total. The maximum absolute atomic E-state index is 10.7. The first-order chi connectivity index (χ1) is 4.71. The molecule has 4 heteroatoms. The first-order valence-corrected chi connectivity index (χ1v) is 3.70. The Kier molecular flexibility index (Phi) is 3.83. The van der Waals surface area contributed by atoms with E-state index in [1.54, 1.807) is 0 Å². The lowest BCUT2D eigenvalue weighted by atomic mass is 9.95. The summed E-state index contributed by atoms with van der Waals surface area (Å²) in [5.41, 5.74) is -0.597. The third-order valence-electron chi connectivity index (χ3n) is 2.26. The molecule has 1 saturated heterocycles. The summed E-state index contributed by atoms with van der Waals surface area (Å²) in [7, 11) is 0. The molecule has 0 spiro atoms. The van der Waals surface area contributed by atoms with Gasteiger partial charge in [-0.25, -0.2) is 0 Å². The number of halogens is 1. The molecule has 0 unspecified atom stereocenters. The van der Waals surface area contributed by atoms with Gasteiger partial charge in [0.15, 0.2) is 0 Å². The molecule has 0 amide bonds. The van der Waals surface area contributed by atoms with Crippen LogP contribution < -0.4 is 5.32 Å². The number of hydrogen-bond donors (Lipinski definition) is 2. The summed E-state index contributed by atoms with van der Waals surface area (Å²) in [4.78, 5) is 10.7. The summed E-state index contributed by atoms with van der Waals surface area (Å²) >= 11 is 0. The fourth-order valence-corrected chi connectivity index (χ4v) is 1.44. The zero-order valence-electron chi connectivity index (χ0n) is 6.59. The molecule has 0 aliphatic carbocycles. The molecule has 0 bridgehead atoms. The number of carboxylic acid groups (broad SMARTS) is 1. The van der Waals surface area contributed by atoms with Gasteiger partial charge in [-0.15, -0.1) is 12.4 Å². The van der Waals surface area contributed by atoms with E-state index in [1.165, 1.54) is 0 Å². The Balaban J connectivity index is 0.000001000. The van der Waals surface area contributed by atoms with E-state index >= 15 is 0 Å². The highest BCUT2D eigenvalue weighted by atomic mass is 35.5. The van der Waals surface area contributed by atoms with Crippen molar-refractivity contribution < 1.29 is 9.90 Å². The lowest BCUT2D eigenvalue weighted by Gasteiger charge is -2.21. The van der Waals surface area contributed by atoms with Gasteiger partial charge in [0, 0.05) is 0 Å². The van der Waals surface area contributed by atoms with Crippen LogP contribution >= 0.6 is 12.4 Å². The SMILES string of the molecule is CC[C@]1(C(=O)O)CCCN1.Cl. The van der Waals surface area contributed by atoms with Gasteiger partial charge in [-0.3, -0.25) is 4.79 Å². The van der Waals surface area contributed by atoms with E-state index in [4.69, 9.17) is 5.11 Å². The van der Waals surface area contributed by atoms with Gasteiger partial charge in [0.05, 0.1) is 0 Å². The average Bonchev–Trinajstić information content (AvgIpc) is 2.35. The van der Waals surface area contributed by atoms with Gasteiger partial charge in [0.25, 0.3) is 0 Å². The Morgan fingerprint density at radius 3 is 2.55 bits per heavy atom. The summed E-state index contributed by atoms with van der Waals surface area (Å²) in [5.74, 6) is -0.701. The summed E-state index contributed by atoms with van der Waals surface area (Å²) < 4.78 is 0. The van der Waals surface area contributed by atoms with Crippen LogP contribution in [0, 0.1) is 0 Å². The second kappa shape index (κ2) is 3.93. The van der Waals surface area contributed by atoms with Crippen LogP contribution in [0.5, 0.6) is 0 Å². The molecule has 0 aromatic carbocycles. The van der Waals surface area contributed by atoms with E-state index in [0.717, 1.165) is 19.4 Å². The van der Waals surface area contributed by atoms with Crippen LogP contribution in [0.4, 0.5) is 0 Å². The van der Waals surface area contributed by atoms with E-state index in [-0.39, 0.29) is 12.4 Å². The first kappa shape index (κ1) is 10.7. The van der Waals surface area contributed by atoms with Gasteiger partial charge in [-0.2, -0.15) is 0 Å². The predicted octanol–water partition coefficient (Wildman–Crippen LogP) is 1.02. The minimum atomic E-state index is -0.701. The van der Waals surface area contributed by atoms with E-state index in [1.807, 2.05) is 6.92 Å². The molecule has 1 aliphatic rings. The molecule has 1 rings (SSSR count). The van der Waals surface area contributed by atoms with E-state index < -0.39 is 11.5 Å². The number of carboxylic acids is 1. The van der Waals surface area contributed by atoms with Crippen molar-refractivity contribution >= 4 is 18.4 Å². The second-order valence-corrected chi connectivity index (χ2v) is 2.77. The summed E-state index contributed by atoms with van der Waals surface area (Å²) in [6.07, 6.45) is 2.45. The molecule has 3 nitrogen and oxygen atoms in total. The minimum Gasteiger partial charge on any atom is -0.480 e. The van der Waals surface area contributed by atoms with Crippen molar-refractivity contribution in [1.82, 2.24) is 5.32 Å². The van der Waals surface area contributed by atoms with Gasteiger partial charge in [-0.05, 0) is 25.8 Å². The fourth-order valence-electron chi connectivity index (χ4n) is 1.44. The Hall–Kier alpha value is -0.280. The third kappa shape index (κ3) is 1.84. The normalized spacial score (nSPS) is 29.5. The van der Waals surface area contributed by atoms with E-state index in [0.29, 0.717) is 6.42 Å². The van der Waals surface area contributed by atoms with Crippen molar-refractivity contribution in [2.75, 3.05) is 6.54 Å². The van der Waals surface area contributed by atoms with Crippen molar-refractivity contribution in [2.45, 2.75) is 31.7 Å². The van der Waals surface area contributed by atoms with Crippen molar-refractivity contribution in [1.29, 1.82) is 0 Å². The minimum absolute atomic E-state index is 0. The van der Waals surface area contributed by atoms with Crippen molar-refractivity contribution in [3.05, 3.63) is 0 Å². The Morgan fingerprint density at radius 1 is 1.73 bits per heavy atom. The van der Waals surface area contributed by atoms with Crippen LogP contribution in [0.15, 0.2) is 0 Å². The number of carbonyl (C=O) groups is 1. The van der Waals surface area contributed by atoms with Gasteiger partial charge < -0.3 is 10.4 Å². The highest BCUT2D eigenvalue weighted by Gasteiger charge is 2.38. The second-order valence-electron chi connectivity index (χ2n) is 2.77. The van der Waals surface area contributed by atoms with Gasteiger partial charge in [-0.1, -0.05) is 6.92 Å². The Labute approximate surface area is 72.6 Å². The summed E-state index contributed by atoms with van der Waals surface area (Å²) in [6, 6.07) is 0. The molecule has 66 valence electrons. The van der Waals surface area contributed by atoms with Crippen molar-refractivity contribution in [3.8, 4) is 0 Å². The fraction of sp³-hybridized carbons (Fsp3) is 0.857. The van der Waals surface area contributed by atoms with Gasteiger partial charge >= 0.3 is 5.97 Å². The number of nitrogens with one attached hydrogen (secondary N) is 1. The van der Waals surface area contributed by atoms with Crippen LogP contribution in [0.25, 0.3) is 0 Å². The zero-order valence-corrected chi connectivity index (χ0v) is 7.41. The molecule has 1 heterocycles. The molecular formula is C7H14ClNO2. The van der Waals surface area contributed by atoms with Crippen molar-refractivity contribution in [2.24, 2.45) is 0 Å². The van der Waals surface area contributed by atoms with E-state index in [9.17, 15) is 4.79 Å². The molecule has 0 radical (unpaired) electrons. The molecule has 0 aromatic rings. The molecule has 11 heavy (non-hydrogen) atoms. The van der Waals surface area contributed by atoms with Gasteiger partial charge in [0.1, 0.15) is 5.54 Å². The van der Waals surface area contributed by atoms with Crippen LogP contribution in [-0.2, 0) is 4.79 Å². The lowest BCUT2D eigenvalue weighted by molar-refractivity contribution is -0.144. The predicted molar refractivity (Wildman–Crippen MR) is 45.1 cm³/mol.